The van der Waals surface area contributed by atoms with Crippen LogP contribution in [-0.4, -0.2) is 11.9 Å². The van der Waals surface area contributed by atoms with Crippen LogP contribution < -0.4 is 16.4 Å². The highest BCUT2D eigenvalue weighted by Crippen LogP contribution is 2.23. The van der Waals surface area contributed by atoms with E-state index in [-0.39, 0.29) is 18.9 Å². The molecular formula is C15H15Cl2N3O2S. The Morgan fingerprint density at radius 3 is 2.65 bits per heavy atom. The van der Waals surface area contributed by atoms with Crippen molar-refractivity contribution in [2.45, 2.75) is 19.0 Å². The quantitative estimate of drug-likeness (QED) is 0.726. The van der Waals surface area contributed by atoms with Crippen molar-refractivity contribution in [1.82, 2.24) is 10.6 Å². The number of hydrogen-bond donors (Lipinski definition) is 3. The van der Waals surface area contributed by atoms with Crippen LogP contribution in [0.3, 0.4) is 0 Å². The van der Waals surface area contributed by atoms with Gasteiger partial charge in [-0.1, -0.05) is 35.3 Å². The van der Waals surface area contributed by atoms with E-state index < -0.39 is 12.1 Å². The topological polar surface area (TPSA) is 84.2 Å². The molecule has 0 aliphatic heterocycles. The van der Waals surface area contributed by atoms with Crippen LogP contribution in [0.1, 0.15) is 22.9 Å². The molecule has 1 unspecified atom stereocenters. The number of thiophene rings is 1. The molecule has 8 heteroatoms. The van der Waals surface area contributed by atoms with Crippen LogP contribution in [0.15, 0.2) is 35.7 Å². The van der Waals surface area contributed by atoms with Crippen LogP contribution in [0, 0.1) is 0 Å². The van der Waals surface area contributed by atoms with Gasteiger partial charge in [-0.2, -0.15) is 0 Å². The first kappa shape index (κ1) is 17.6. The molecule has 2 aromatic rings. The molecule has 1 aromatic heterocycles. The van der Waals surface area contributed by atoms with E-state index in [0.717, 1.165) is 10.4 Å². The van der Waals surface area contributed by atoms with E-state index in [1.165, 1.54) is 11.3 Å². The van der Waals surface area contributed by atoms with E-state index in [1.807, 2.05) is 17.5 Å². The summed E-state index contributed by atoms with van der Waals surface area (Å²) >= 11 is 13.3. The summed E-state index contributed by atoms with van der Waals surface area (Å²) in [5.74, 6) is -0.219. The highest BCUT2D eigenvalue weighted by molar-refractivity contribution is 7.10. The van der Waals surface area contributed by atoms with Gasteiger partial charge >= 0.3 is 6.03 Å². The van der Waals surface area contributed by atoms with Gasteiger partial charge in [0.2, 0.25) is 5.91 Å². The minimum absolute atomic E-state index is 0.0919. The Hall–Kier alpha value is -1.76. The molecule has 0 saturated heterocycles. The maximum atomic E-state index is 12.1. The molecule has 122 valence electrons. The third-order valence-corrected chi connectivity index (χ3v) is 4.66. The number of carbonyl (C=O) groups is 2. The average Bonchev–Trinajstić information content (AvgIpc) is 2.99. The number of rotatable bonds is 6. The largest absolute Gasteiger partial charge is 0.352 e. The number of hydrogen-bond acceptors (Lipinski definition) is 3. The van der Waals surface area contributed by atoms with Crippen molar-refractivity contribution >= 4 is 46.5 Å². The van der Waals surface area contributed by atoms with Crippen molar-refractivity contribution in [3.63, 3.8) is 0 Å². The lowest BCUT2D eigenvalue weighted by Crippen LogP contribution is -2.36. The third-order valence-electron chi connectivity index (χ3n) is 3.08. The van der Waals surface area contributed by atoms with Gasteiger partial charge in [0.1, 0.15) is 0 Å². The predicted molar refractivity (Wildman–Crippen MR) is 92.7 cm³/mol. The predicted octanol–water partition coefficient (Wildman–Crippen LogP) is 3.47. The Morgan fingerprint density at radius 2 is 2.04 bits per heavy atom. The summed E-state index contributed by atoms with van der Waals surface area (Å²) in [5, 5.41) is 8.24. The van der Waals surface area contributed by atoms with Crippen molar-refractivity contribution in [3.8, 4) is 0 Å². The van der Waals surface area contributed by atoms with Crippen LogP contribution >= 0.6 is 34.5 Å². The first-order chi connectivity index (χ1) is 11.0. The molecule has 1 heterocycles. The lowest BCUT2D eigenvalue weighted by Gasteiger charge is -2.16. The van der Waals surface area contributed by atoms with Crippen molar-refractivity contribution in [1.29, 1.82) is 0 Å². The zero-order valence-corrected chi connectivity index (χ0v) is 14.3. The number of urea groups is 1. The second-order valence-corrected chi connectivity index (χ2v) is 6.62. The summed E-state index contributed by atoms with van der Waals surface area (Å²) in [7, 11) is 0. The number of amides is 3. The molecule has 0 fully saturated rings. The summed E-state index contributed by atoms with van der Waals surface area (Å²) in [4.78, 5) is 24.1. The lowest BCUT2D eigenvalue weighted by molar-refractivity contribution is -0.121. The minimum Gasteiger partial charge on any atom is -0.352 e. The van der Waals surface area contributed by atoms with Gasteiger partial charge in [0.25, 0.3) is 0 Å². The number of nitrogens with one attached hydrogen (secondary N) is 2. The molecule has 0 spiro atoms. The zero-order chi connectivity index (χ0) is 16.8. The van der Waals surface area contributed by atoms with Crippen LogP contribution in [0.5, 0.6) is 0 Å². The van der Waals surface area contributed by atoms with Gasteiger partial charge in [-0.05, 0) is 29.1 Å². The van der Waals surface area contributed by atoms with Gasteiger partial charge in [-0.15, -0.1) is 11.3 Å². The fraction of sp³-hybridized carbons (Fsp3) is 0.200. The summed E-state index contributed by atoms with van der Waals surface area (Å²) in [6, 6.07) is 7.65. The standard InChI is InChI=1S/C15H15Cl2N3O2S/c16-10-4-3-9(11(17)6-10)8-19-14(21)7-12(20-15(18)22)13-2-1-5-23-13/h1-6,12H,7-8H2,(H,19,21)(H3,18,20,22). The van der Waals surface area contributed by atoms with E-state index in [2.05, 4.69) is 10.6 Å². The minimum atomic E-state index is -0.669. The Labute approximate surface area is 147 Å². The molecule has 0 radical (unpaired) electrons. The third kappa shape index (κ3) is 5.42. The molecule has 5 nitrogen and oxygen atoms in total. The van der Waals surface area contributed by atoms with E-state index in [0.29, 0.717) is 10.0 Å². The molecule has 2 rings (SSSR count). The maximum Gasteiger partial charge on any atom is 0.312 e. The molecule has 23 heavy (non-hydrogen) atoms. The van der Waals surface area contributed by atoms with Gasteiger partial charge < -0.3 is 16.4 Å². The number of halogens is 2. The van der Waals surface area contributed by atoms with Crippen molar-refractivity contribution in [3.05, 3.63) is 56.2 Å². The average molecular weight is 372 g/mol. The molecule has 0 bridgehead atoms. The second kappa shape index (κ2) is 8.19. The van der Waals surface area contributed by atoms with Gasteiger partial charge in [-0.25, -0.2) is 4.79 Å². The zero-order valence-electron chi connectivity index (χ0n) is 12.0. The second-order valence-electron chi connectivity index (χ2n) is 4.79. The molecule has 1 aromatic carbocycles. The van der Waals surface area contributed by atoms with Crippen LogP contribution in [0.25, 0.3) is 0 Å². The number of carbonyl (C=O) groups excluding carboxylic acids is 2. The molecule has 4 N–H and O–H groups in total. The smallest absolute Gasteiger partial charge is 0.312 e. The van der Waals surface area contributed by atoms with Crippen molar-refractivity contribution in [2.24, 2.45) is 5.73 Å². The SMILES string of the molecule is NC(=O)NC(CC(=O)NCc1ccc(Cl)cc1Cl)c1cccs1. The van der Waals surface area contributed by atoms with Gasteiger partial charge in [0, 0.05) is 21.5 Å². The Morgan fingerprint density at radius 1 is 1.26 bits per heavy atom. The monoisotopic (exact) mass is 371 g/mol. The highest BCUT2D eigenvalue weighted by atomic mass is 35.5. The lowest BCUT2D eigenvalue weighted by atomic mass is 10.1. The fourth-order valence-electron chi connectivity index (χ4n) is 2.00. The highest BCUT2D eigenvalue weighted by Gasteiger charge is 2.18. The van der Waals surface area contributed by atoms with Crippen LogP contribution in [0.2, 0.25) is 10.0 Å². The maximum absolute atomic E-state index is 12.1. The Bertz CT molecular complexity index is 692. The summed E-state index contributed by atoms with van der Waals surface area (Å²) < 4.78 is 0. The molecular weight excluding hydrogens is 357 g/mol. The molecule has 0 saturated carbocycles. The van der Waals surface area contributed by atoms with Gasteiger partial charge in [0.05, 0.1) is 12.5 Å². The summed E-state index contributed by atoms with van der Waals surface area (Å²) in [6.45, 7) is 0.280. The summed E-state index contributed by atoms with van der Waals surface area (Å²) in [6.07, 6.45) is 0.0919. The van der Waals surface area contributed by atoms with Crippen molar-refractivity contribution < 1.29 is 9.59 Å². The van der Waals surface area contributed by atoms with Crippen LogP contribution in [-0.2, 0) is 11.3 Å². The first-order valence-electron chi connectivity index (χ1n) is 6.75. The molecule has 0 aliphatic rings. The van der Waals surface area contributed by atoms with Crippen molar-refractivity contribution in [2.75, 3.05) is 0 Å². The van der Waals surface area contributed by atoms with Gasteiger partial charge in [0.15, 0.2) is 0 Å². The summed E-state index contributed by atoms with van der Waals surface area (Å²) in [5.41, 5.74) is 5.93. The van der Waals surface area contributed by atoms with Crippen LogP contribution in [0.4, 0.5) is 4.79 Å². The van der Waals surface area contributed by atoms with E-state index in [4.69, 9.17) is 28.9 Å². The van der Waals surface area contributed by atoms with E-state index >= 15 is 0 Å². The molecule has 1 atom stereocenters. The fourth-order valence-corrected chi connectivity index (χ4v) is 3.25. The van der Waals surface area contributed by atoms with E-state index in [1.54, 1.807) is 18.2 Å². The molecule has 0 aliphatic carbocycles. The normalized spacial score (nSPS) is 11.7. The Balaban J connectivity index is 1.95. The van der Waals surface area contributed by atoms with Gasteiger partial charge in [-0.3, -0.25) is 4.79 Å². The number of primary amides is 1. The van der Waals surface area contributed by atoms with E-state index in [9.17, 15) is 9.59 Å². The Kier molecular flexibility index (Phi) is 6.27. The number of nitrogens with two attached hydrogens (primary N) is 1. The molecule has 3 amide bonds. The number of benzene rings is 1. The first-order valence-corrected chi connectivity index (χ1v) is 8.39.